The van der Waals surface area contributed by atoms with E-state index in [2.05, 4.69) is 12.2 Å². The van der Waals surface area contributed by atoms with Crippen LogP contribution in [0.25, 0.3) is 0 Å². The van der Waals surface area contributed by atoms with E-state index in [1.54, 1.807) is 6.07 Å². The van der Waals surface area contributed by atoms with Crippen LogP contribution < -0.4 is 5.32 Å². The Labute approximate surface area is 112 Å². The fourth-order valence-corrected chi connectivity index (χ4v) is 1.81. The van der Waals surface area contributed by atoms with Gasteiger partial charge in [-0.05, 0) is 35.7 Å². The molecule has 0 aliphatic rings. The van der Waals surface area contributed by atoms with E-state index in [1.807, 2.05) is 24.3 Å². The number of aryl methyl sites for hydroxylation is 1. The summed E-state index contributed by atoms with van der Waals surface area (Å²) in [5, 5.41) is 2.77. The van der Waals surface area contributed by atoms with Crippen molar-refractivity contribution in [3.05, 3.63) is 71.0 Å². The molecule has 0 aliphatic carbocycles. The minimum absolute atomic E-state index is 0.265. The maximum atomic E-state index is 13.0. The van der Waals surface area contributed by atoms with Gasteiger partial charge in [-0.1, -0.05) is 37.3 Å². The summed E-state index contributed by atoms with van der Waals surface area (Å²) in [6.07, 6.45) is 0.996. The summed E-state index contributed by atoms with van der Waals surface area (Å²) in [5.41, 5.74) is 2.63. The van der Waals surface area contributed by atoms with Crippen molar-refractivity contribution >= 4 is 5.91 Å². The van der Waals surface area contributed by atoms with E-state index in [0.29, 0.717) is 12.1 Å². The van der Waals surface area contributed by atoms with Crippen LogP contribution in [-0.2, 0) is 13.0 Å². The zero-order valence-corrected chi connectivity index (χ0v) is 10.8. The van der Waals surface area contributed by atoms with Gasteiger partial charge in [0.1, 0.15) is 5.82 Å². The molecule has 98 valence electrons. The highest BCUT2D eigenvalue weighted by atomic mass is 19.1. The molecule has 0 bridgehead atoms. The van der Waals surface area contributed by atoms with Crippen molar-refractivity contribution in [1.82, 2.24) is 5.32 Å². The summed E-state index contributed by atoms with van der Waals surface area (Å²) < 4.78 is 13.0. The van der Waals surface area contributed by atoms with Gasteiger partial charge in [-0.2, -0.15) is 0 Å². The fraction of sp³-hybridized carbons (Fsp3) is 0.188. The minimum atomic E-state index is -0.403. The molecule has 0 aliphatic heterocycles. The van der Waals surface area contributed by atoms with Crippen molar-refractivity contribution in [3.63, 3.8) is 0 Å². The Kier molecular flexibility index (Phi) is 4.29. The van der Waals surface area contributed by atoms with Gasteiger partial charge >= 0.3 is 0 Å². The topological polar surface area (TPSA) is 29.1 Å². The first-order valence-corrected chi connectivity index (χ1v) is 6.30. The second-order valence-corrected chi connectivity index (χ2v) is 4.36. The lowest BCUT2D eigenvalue weighted by atomic mass is 10.1. The molecule has 0 unspecified atom stereocenters. The highest BCUT2D eigenvalue weighted by molar-refractivity contribution is 5.94. The second-order valence-electron chi connectivity index (χ2n) is 4.36. The largest absolute Gasteiger partial charge is 0.348 e. The summed E-state index contributed by atoms with van der Waals surface area (Å²) in [5.74, 6) is -0.668. The van der Waals surface area contributed by atoms with Gasteiger partial charge in [-0.3, -0.25) is 4.79 Å². The minimum Gasteiger partial charge on any atom is -0.348 e. The molecular weight excluding hydrogens is 241 g/mol. The number of nitrogens with one attached hydrogen (secondary N) is 1. The maximum absolute atomic E-state index is 13.0. The van der Waals surface area contributed by atoms with Gasteiger partial charge in [-0.25, -0.2) is 4.39 Å². The Hall–Kier alpha value is -2.16. The molecule has 0 heterocycles. The molecule has 2 nitrogen and oxygen atoms in total. The van der Waals surface area contributed by atoms with E-state index in [1.165, 1.54) is 23.8 Å². The molecule has 0 spiro atoms. The van der Waals surface area contributed by atoms with Gasteiger partial charge in [0.25, 0.3) is 5.91 Å². The molecule has 2 rings (SSSR count). The number of benzene rings is 2. The predicted molar refractivity (Wildman–Crippen MR) is 73.4 cm³/mol. The fourth-order valence-electron chi connectivity index (χ4n) is 1.81. The number of carbonyl (C=O) groups excluding carboxylic acids is 1. The number of hydrogen-bond donors (Lipinski definition) is 1. The Morgan fingerprint density at radius 1 is 1.11 bits per heavy atom. The Morgan fingerprint density at radius 2 is 1.79 bits per heavy atom. The Balaban J connectivity index is 1.96. The van der Waals surface area contributed by atoms with Gasteiger partial charge in [-0.15, -0.1) is 0 Å². The highest BCUT2D eigenvalue weighted by Gasteiger charge is 2.05. The van der Waals surface area contributed by atoms with E-state index in [9.17, 15) is 9.18 Å². The van der Waals surface area contributed by atoms with Gasteiger partial charge in [0.2, 0.25) is 0 Å². The number of halogens is 1. The lowest BCUT2D eigenvalue weighted by molar-refractivity contribution is 0.0950. The molecule has 2 aromatic carbocycles. The summed E-state index contributed by atoms with van der Waals surface area (Å²) in [6, 6.07) is 13.7. The van der Waals surface area contributed by atoms with Crippen molar-refractivity contribution in [2.75, 3.05) is 0 Å². The summed E-state index contributed by atoms with van der Waals surface area (Å²) >= 11 is 0. The van der Waals surface area contributed by atoms with Crippen LogP contribution in [0, 0.1) is 5.82 Å². The zero-order chi connectivity index (χ0) is 13.7. The molecular formula is C16H16FNO. The number of carbonyl (C=O) groups is 1. The third kappa shape index (κ3) is 3.65. The predicted octanol–water partition coefficient (Wildman–Crippen LogP) is 3.32. The lowest BCUT2D eigenvalue weighted by Gasteiger charge is -2.06. The molecule has 0 aromatic heterocycles. The van der Waals surface area contributed by atoms with Gasteiger partial charge in [0.05, 0.1) is 0 Å². The van der Waals surface area contributed by atoms with E-state index in [4.69, 9.17) is 0 Å². The SMILES string of the molecule is CCc1ccc(CNC(=O)c2cccc(F)c2)cc1. The second kappa shape index (κ2) is 6.14. The third-order valence-corrected chi connectivity index (χ3v) is 2.97. The summed E-state index contributed by atoms with van der Waals surface area (Å²) in [4.78, 5) is 11.8. The average molecular weight is 257 g/mol. The molecule has 2 aromatic rings. The van der Waals surface area contributed by atoms with E-state index in [-0.39, 0.29) is 5.91 Å². The molecule has 0 fully saturated rings. The highest BCUT2D eigenvalue weighted by Crippen LogP contribution is 2.06. The monoisotopic (exact) mass is 257 g/mol. The van der Waals surface area contributed by atoms with Gasteiger partial charge in [0.15, 0.2) is 0 Å². The van der Waals surface area contributed by atoms with Crippen LogP contribution in [0.15, 0.2) is 48.5 Å². The first-order chi connectivity index (χ1) is 9.19. The maximum Gasteiger partial charge on any atom is 0.251 e. The van der Waals surface area contributed by atoms with E-state index in [0.717, 1.165) is 12.0 Å². The summed E-state index contributed by atoms with van der Waals surface area (Å²) in [6.45, 7) is 2.54. The normalized spacial score (nSPS) is 10.2. The first-order valence-electron chi connectivity index (χ1n) is 6.30. The van der Waals surface area contributed by atoms with Crippen molar-refractivity contribution in [3.8, 4) is 0 Å². The molecule has 0 atom stereocenters. The number of hydrogen-bond acceptors (Lipinski definition) is 1. The van der Waals surface area contributed by atoms with Crippen molar-refractivity contribution < 1.29 is 9.18 Å². The van der Waals surface area contributed by atoms with Crippen LogP contribution in [0.5, 0.6) is 0 Å². The average Bonchev–Trinajstić information content (AvgIpc) is 2.45. The molecule has 0 saturated carbocycles. The van der Waals surface area contributed by atoms with Crippen LogP contribution in [-0.4, -0.2) is 5.91 Å². The molecule has 1 amide bonds. The van der Waals surface area contributed by atoms with Crippen LogP contribution in [0.3, 0.4) is 0 Å². The van der Waals surface area contributed by atoms with Gasteiger partial charge in [0, 0.05) is 12.1 Å². The third-order valence-electron chi connectivity index (χ3n) is 2.97. The van der Waals surface area contributed by atoms with E-state index < -0.39 is 5.82 Å². The molecule has 1 N–H and O–H groups in total. The van der Waals surface area contributed by atoms with Gasteiger partial charge < -0.3 is 5.32 Å². The number of rotatable bonds is 4. The Bertz CT molecular complexity index is 563. The van der Waals surface area contributed by atoms with Crippen LogP contribution in [0.4, 0.5) is 4.39 Å². The Morgan fingerprint density at radius 3 is 2.42 bits per heavy atom. The lowest BCUT2D eigenvalue weighted by Crippen LogP contribution is -2.22. The zero-order valence-electron chi connectivity index (χ0n) is 10.8. The standard InChI is InChI=1S/C16H16FNO/c1-2-12-6-8-13(9-7-12)11-18-16(19)14-4-3-5-15(17)10-14/h3-10H,2,11H2,1H3,(H,18,19). The van der Waals surface area contributed by atoms with Crippen LogP contribution in [0.1, 0.15) is 28.4 Å². The quantitative estimate of drug-likeness (QED) is 0.894. The molecule has 19 heavy (non-hydrogen) atoms. The molecule has 0 radical (unpaired) electrons. The van der Waals surface area contributed by atoms with E-state index >= 15 is 0 Å². The molecule has 3 heteroatoms. The van der Waals surface area contributed by atoms with Crippen molar-refractivity contribution in [2.24, 2.45) is 0 Å². The van der Waals surface area contributed by atoms with Crippen molar-refractivity contribution in [1.29, 1.82) is 0 Å². The van der Waals surface area contributed by atoms with Crippen LogP contribution >= 0.6 is 0 Å². The first kappa shape index (κ1) is 13.3. The van der Waals surface area contributed by atoms with Crippen LogP contribution in [0.2, 0.25) is 0 Å². The molecule has 0 saturated heterocycles. The number of amides is 1. The summed E-state index contributed by atoms with van der Waals surface area (Å²) in [7, 11) is 0. The smallest absolute Gasteiger partial charge is 0.251 e. The van der Waals surface area contributed by atoms with Crippen molar-refractivity contribution in [2.45, 2.75) is 19.9 Å².